The van der Waals surface area contributed by atoms with Crippen LogP contribution in [0.5, 0.6) is 0 Å². The minimum Gasteiger partial charge on any atom is -0.355 e. The molecule has 0 unspecified atom stereocenters. The average Bonchev–Trinajstić information content (AvgIpc) is 3.11. The highest BCUT2D eigenvalue weighted by Gasteiger charge is 2.31. The van der Waals surface area contributed by atoms with Crippen LogP contribution in [0.3, 0.4) is 0 Å². The van der Waals surface area contributed by atoms with Gasteiger partial charge >= 0.3 is 0 Å². The molecule has 5 heterocycles. The van der Waals surface area contributed by atoms with Gasteiger partial charge in [0.2, 0.25) is 0 Å². The number of hydrogen-bond acceptors (Lipinski definition) is 6. The maximum absolute atomic E-state index is 12.2. The third-order valence-corrected chi connectivity index (χ3v) is 6.19. The van der Waals surface area contributed by atoms with Gasteiger partial charge in [-0.25, -0.2) is 9.97 Å². The van der Waals surface area contributed by atoms with Crippen LogP contribution in [0.15, 0.2) is 34.2 Å². The van der Waals surface area contributed by atoms with Gasteiger partial charge in [0.25, 0.3) is 5.56 Å². The first-order valence-corrected chi connectivity index (χ1v) is 10.1. The molecule has 3 aliphatic rings. The fourth-order valence-electron chi connectivity index (χ4n) is 4.33. The predicted octanol–water partition coefficient (Wildman–Crippen LogP) is 2.44. The van der Waals surface area contributed by atoms with Crippen molar-refractivity contribution < 1.29 is 0 Å². The van der Waals surface area contributed by atoms with E-state index >= 15 is 0 Å². The Hall–Kier alpha value is -2.70. The molecule has 2 aromatic rings. The Morgan fingerprint density at radius 1 is 1.07 bits per heavy atom. The zero-order valence-electron chi connectivity index (χ0n) is 16.6. The van der Waals surface area contributed by atoms with Crippen molar-refractivity contribution in [3.63, 3.8) is 0 Å². The molecule has 3 aliphatic heterocycles. The Kier molecular flexibility index (Phi) is 4.00. The lowest BCUT2D eigenvalue weighted by Crippen LogP contribution is -2.41. The molecule has 0 radical (unpaired) electrons. The van der Waals surface area contributed by atoms with Crippen molar-refractivity contribution in [2.45, 2.75) is 46.2 Å². The first kappa shape index (κ1) is 17.4. The van der Waals surface area contributed by atoms with Crippen LogP contribution in [0.1, 0.15) is 44.5 Å². The number of anilines is 2. The largest absolute Gasteiger partial charge is 0.355 e. The summed E-state index contributed by atoms with van der Waals surface area (Å²) >= 11 is 0. The summed E-state index contributed by atoms with van der Waals surface area (Å²) in [5.74, 6) is 2.70. The van der Waals surface area contributed by atoms with Gasteiger partial charge in [-0.15, -0.1) is 0 Å². The third-order valence-electron chi connectivity index (χ3n) is 6.19. The van der Waals surface area contributed by atoms with Crippen LogP contribution >= 0.6 is 0 Å². The molecule has 0 spiro atoms. The normalized spacial score (nSPS) is 20.6. The maximum atomic E-state index is 12.2. The Bertz CT molecular complexity index is 998. The van der Waals surface area contributed by atoms with Gasteiger partial charge in [0.05, 0.1) is 18.4 Å². The maximum Gasteiger partial charge on any atom is 0.252 e. The zero-order chi connectivity index (χ0) is 19.3. The number of aliphatic imine (C=N–C) groups is 1. The summed E-state index contributed by atoms with van der Waals surface area (Å²) in [6.07, 6.45) is 5.15. The topological polar surface area (TPSA) is 66.6 Å². The first-order valence-electron chi connectivity index (χ1n) is 10.1. The Balaban J connectivity index is 1.42. The van der Waals surface area contributed by atoms with Crippen molar-refractivity contribution in [3.05, 3.63) is 46.1 Å². The van der Waals surface area contributed by atoms with Gasteiger partial charge in [0.15, 0.2) is 5.84 Å². The summed E-state index contributed by atoms with van der Waals surface area (Å²) in [6.45, 7) is 8.86. The van der Waals surface area contributed by atoms with Gasteiger partial charge in [-0.3, -0.25) is 14.4 Å². The van der Waals surface area contributed by atoms with Crippen molar-refractivity contribution in [2.75, 3.05) is 29.4 Å². The highest BCUT2D eigenvalue weighted by atomic mass is 16.1. The molecule has 2 aromatic heterocycles. The number of pyridine rings is 1. The fourth-order valence-corrected chi connectivity index (χ4v) is 4.33. The number of fused-ring (bicyclic) bond motifs is 2. The molecular formula is C21H26N6O. The molecule has 5 rings (SSSR count). The quantitative estimate of drug-likeness (QED) is 0.762. The molecule has 28 heavy (non-hydrogen) atoms. The Morgan fingerprint density at radius 3 is 2.71 bits per heavy atom. The second kappa shape index (κ2) is 6.43. The number of amidine groups is 1. The first-order chi connectivity index (χ1) is 13.5. The predicted molar refractivity (Wildman–Crippen MR) is 110 cm³/mol. The van der Waals surface area contributed by atoms with Crippen molar-refractivity contribution in [3.8, 4) is 0 Å². The number of piperidine rings is 1. The number of hydrogen-bond donors (Lipinski definition) is 0. The minimum atomic E-state index is 0.0375. The van der Waals surface area contributed by atoms with Crippen molar-refractivity contribution in [2.24, 2.45) is 10.4 Å². The SMILES string of the molecule is CC1(C)CCN(c2cnc3c(n2)CN=C3N2CCCn3c2cccc3=O)CC1. The van der Waals surface area contributed by atoms with Crippen LogP contribution < -0.4 is 15.4 Å². The van der Waals surface area contributed by atoms with Gasteiger partial charge in [0.1, 0.15) is 17.3 Å². The van der Waals surface area contributed by atoms with E-state index < -0.39 is 0 Å². The van der Waals surface area contributed by atoms with Gasteiger partial charge in [0, 0.05) is 32.2 Å². The fraction of sp³-hybridized carbons (Fsp3) is 0.524. The zero-order valence-corrected chi connectivity index (χ0v) is 16.6. The summed E-state index contributed by atoms with van der Waals surface area (Å²) in [6, 6.07) is 5.41. The van der Waals surface area contributed by atoms with E-state index in [4.69, 9.17) is 15.0 Å². The summed E-state index contributed by atoms with van der Waals surface area (Å²) in [4.78, 5) is 31.1. The standard InChI is InChI=1S/C21H26N6O/c1-21(2)7-11-25(12-8-21)16-14-22-19-15(24-16)13-23-20(19)27-10-4-9-26-17(27)5-3-6-18(26)28/h3,5-6,14H,4,7-13H2,1-2H3. The summed E-state index contributed by atoms with van der Waals surface area (Å²) < 4.78 is 1.82. The smallest absolute Gasteiger partial charge is 0.252 e. The number of rotatable bonds is 1. The molecule has 146 valence electrons. The van der Waals surface area contributed by atoms with E-state index in [1.165, 1.54) is 12.8 Å². The van der Waals surface area contributed by atoms with Crippen molar-refractivity contribution in [1.82, 2.24) is 14.5 Å². The molecule has 0 aromatic carbocycles. The summed E-state index contributed by atoms with van der Waals surface area (Å²) in [7, 11) is 0. The Morgan fingerprint density at radius 2 is 1.89 bits per heavy atom. The molecule has 0 atom stereocenters. The molecule has 7 heteroatoms. The second-order valence-corrected chi connectivity index (χ2v) is 8.69. The number of nitrogens with zero attached hydrogens (tertiary/aromatic N) is 6. The molecule has 7 nitrogen and oxygen atoms in total. The van der Waals surface area contributed by atoms with Crippen LogP contribution in [0.4, 0.5) is 11.6 Å². The molecule has 0 saturated carbocycles. The highest BCUT2D eigenvalue weighted by Crippen LogP contribution is 2.32. The Labute approximate surface area is 164 Å². The molecular weight excluding hydrogens is 352 g/mol. The number of aromatic nitrogens is 3. The molecule has 0 N–H and O–H groups in total. The molecule has 0 amide bonds. The lowest BCUT2D eigenvalue weighted by atomic mass is 9.83. The third kappa shape index (κ3) is 2.89. The van der Waals surface area contributed by atoms with Gasteiger partial charge in [-0.05, 0) is 30.7 Å². The van der Waals surface area contributed by atoms with E-state index in [2.05, 4.69) is 23.6 Å². The van der Waals surface area contributed by atoms with Crippen LogP contribution in [0.25, 0.3) is 0 Å². The van der Waals surface area contributed by atoms with Crippen LogP contribution in [-0.4, -0.2) is 40.0 Å². The second-order valence-electron chi connectivity index (χ2n) is 8.69. The van der Waals surface area contributed by atoms with Crippen LogP contribution in [0.2, 0.25) is 0 Å². The highest BCUT2D eigenvalue weighted by molar-refractivity contribution is 6.10. The van der Waals surface area contributed by atoms with Crippen LogP contribution in [-0.2, 0) is 13.1 Å². The molecule has 1 fully saturated rings. The van der Waals surface area contributed by atoms with E-state index in [-0.39, 0.29) is 5.56 Å². The van der Waals surface area contributed by atoms with Gasteiger partial charge < -0.3 is 9.80 Å². The van der Waals surface area contributed by atoms with E-state index in [1.807, 2.05) is 22.9 Å². The average molecular weight is 378 g/mol. The molecule has 1 saturated heterocycles. The van der Waals surface area contributed by atoms with Gasteiger partial charge in [-0.2, -0.15) is 0 Å². The molecule has 0 aliphatic carbocycles. The van der Waals surface area contributed by atoms with Crippen molar-refractivity contribution in [1.29, 1.82) is 0 Å². The van der Waals surface area contributed by atoms with Crippen LogP contribution in [0, 0.1) is 5.41 Å². The monoisotopic (exact) mass is 378 g/mol. The van der Waals surface area contributed by atoms with E-state index in [9.17, 15) is 4.79 Å². The van der Waals surface area contributed by atoms with E-state index in [0.29, 0.717) is 12.0 Å². The van der Waals surface area contributed by atoms with Gasteiger partial charge in [-0.1, -0.05) is 19.9 Å². The summed E-state index contributed by atoms with van der Waals surface area (Å²) in [5, 5.41) is 0. The summed E-state index contributed by atoms with van der Waals surface area (Å²) in [5.41, 5.74) is 2.24. The lowest BCUT2D eigenvalue weighted by Gasteiger charge is -2.37. The molecule has 0 bridgehead atoms. The van der Waals surface area contributed by atoms with Crippen molar-refractivity contribution >= 4 is 17.5 Å². The lowest BCUT2D eigenvalue weighted by molar-refractivity contribution is 0.279. The van der Waals surface area contributed by atoms with E-state index in [1.54, 1.807) is 6.07 Å². The minimum absolute atomic E-state index is 0.0375. The van der Waals surface area contributed by atoms with E-state index in [0.717, 1.165) is 61.5 Å².